The lowest BCUT2D eigenvalue weighted by Crippen LogP contribution is -2.25. The van der Waals surface area contributed by atoms with E-state index in [0.717, 1.165) is 44.4 Å². The zero-order valence-electron chi connectivity index (χ0n) is 30.6. The van der Waals surface area contributed by atoms with Gasteiger partial charge in [-0.1, -0.05) is 159 Å². The van der Waals surface area contributed by atoms with Crippen molar-refractivity contribution in [2.24, 2.45) is 5.92 Å². The highest BCUT2D eigenvalue weighted by atomic mass is 16.6. The summed E-state index contributed by atoms with van der Waals surface area (Å²) in [6.45, 7) is 6.48. The first-order valence-electron chi connectivity index (χ1n) is 19.2. The number of unbranched alkanes of at least 4 members (excludes halogenated alkanes) is 15. The van der Waals surface area contributed by atoms with Crippen LogP contribution in [0.1, 0.15) is 168 Å². The number of ether oxygens (including phenoxy) is 2. The van der Waals surface area contributed by atoms with E-state index < -0.39 is 12.2 Å². The van der Waals surface area contributed by atoms with E-state index in [4.69, 9.17) is 9.47 Å². The Balaban J connectivity index is 3.61. The lowest BCUT2D eigenvalue weighted by Gasteiger charge is -2.12. The van der Waals surface area contributed by atoms with Gasteiger partial charge in [0.05, 0.1) is 6.10 Å². The summed E-state index contributed by atoms with van der Waals surface area (Å²) >= 11 is 0. The smallest absolute Gasteiger partial charge is 0.305 e. The van der Waals surface area contributed by atoms with Gasteiger partial charge in [-0.15, -0.1) is 0 Å². The third-order valence-electron chi connectivity index (χ3n) is 8.08. The maximum Gasteiger partial charge on any atom is 0.305 e. The predicted molar refractivity (Wildman–Crippen MR) is 197 cm³/mol. The number of esters is 2. The topological polar surface area (TPSA) is 93.1 Å². The van der Waals surface area contributed by atoms with E-state index in [9.17, 15) is 19.8 Å². The summed E-state index contributed by atoms with van der Waals surface area (Å²) in [5.41, 5.74) is 0. The SMILES string of the molecule is CCCCC/C=C\C[C@@H](O)/C=C/C=C\C/C=C\CCCC(=O)OC[C@H](O)COC(=O)CCCCCCCCCCCCCCC(C)C. The highest BCUT2D eigenvalue weighted by Crippen LogP contribution is 2.14. The summed E-state index contributed by atoms with van der Waals surface area (Å²) in [6, 6.07) is 0. The second kappa shape index (κ2) is 35.1. The molecule has 0 heterocycles. The van der Waals surface area contributed by atoms with Crippen molar-refractivity contribution >= 4 is 11.9 Å². The molecule has 0 rings (SSSR count). The Morgan fingerprint density at radius 2 is 1.13 bits per heavy atom. The molecule has 2 N–H and O–H groups in total. The van der Waals surface area contributed by atoms with Crippen molar-refractivity contribution in [2.75, 3.05) is 13.2 Å². The highest BCUT2D eigenvalue weighted by Gasteiger charge is 2.12. The van der Waals surface area contributed by atoms with Gasteiger partial charge < -0.3 is 19.7 Å². The summed E-state index contributed by atoms with van der Waals surface area (Å²) in [5, 5.41) is 19.9. The van der Waals surface area contributed by atoms with Crippen LogP contribution in [0.3, 0.4) is 0 Å². The van der Waals surface area contributed by atoms with Crippen molar-refractivity contribution in [2.45, 2.75) is 181 Å². The third-order valence-corrected chi connectivity index (χ3v) is 8.08. The average molecular weight is 661 g/mol. The van der Waals surface area contributed by atoms with Crippen molar-refractivity contribution in [1.82, 2.24) is 0 Å². The van der Waals surface area contributed by atoms with E-state index in [1.807, 2.05) is 30.4 Å². The lowest BCUT2D eigenvalue weighted by atomic mass is 10.0. The Labute approximate surface area is 289 Å². The zero-order valence-corrected chi connectivity index (χ0v) is 30.6. The monoisotopic (exact) mass is 661 g/mol. The molecule has 0 aromatic rings. The molecule has 0 saturated carbocycles. The van der Waals surface area contributed by atoms with Crippen LogP contribution in [0.25, 0.3) is 0 Å². The van der Waals surface area contributed by atoms with Gasteiger partial charge >= 0.3 is 11.9 Å². The maximum atomic E-state index is 11.9. The highest BCUT2D eigenvalue weighted by molar-refractivity contribution is 5.69. The number of carbonyl (C=O) groups is 2. The fourth-order valence-electron chi connectivity index (χ4n) is 5.11. The minimum atomic E-state index is -1.00. The van der Waals surface area contributed by atoms with Gasteiger partial charge in [0.25, 0.3) is 0 Å². The summed E-state index contributed by atoms with van der Waals surface area (Å²) in [6.07, 6.45) is 39.1. The quantitative estimate of drug-likeness (QED) is 0.0315. The molecular weight excluding hydrogens is 588 g/mol. The lowest BCUT2D eigenvalue weighted by molar-refractivity contribution is -0.152. The Morgan fingerprint density at radius 1 is 0.596 bits per heavy atom. The summed E-state index contributed by atoms with van der Waals surface area (Å²) in [5.74, 6) is 0.168. The zero-order chi connectivity index (χ0) is 34.6. The second-order valence-electron chi connectivity index (χ2n) is 13.4. The van der Waals surface area contributed by atoms with Crippen LogP contribution in [0, 0.1) is 5.92 Å². The van der Waals surface area contributed by atoms with Crippen LogP contribution in [-0.4, -0.2) is 47.6 Å². The van der Waals surface area contributed by atoms with Gasteiger partial charge in [0, 0.05) is 12.8 Å². The molecule has 0 aliphatic carbocycles. The van der Waals surface area contributed by atoms with Gasteiger partial charge in [0.1, 0.15) is 19.3 Å². The molecule has 0 aliphatic rings. The second-order valence-corrected chi connectivity index (χ2v) is 13.4. The largest absolute Gasteiger partial charge is 0.463 e. The Hall–Kier alpha value is -2.18. The molecule has 0 amide bonds. The Kier molecular flexibility index (Phi) is 33.5. The number of hydrogen-bond acceptors (Lipinski definition) is 6. The first-order valence-corrected chi connectivity index (χ1v) is 19.2. The first kappa shape index (κ1) is 44.8. The van der Waals surface area contributed by atoms with Crippen LogP contribution in [0.4, 0.5) is 0 Å². The molecule has 0 fully saturated rings. The molecule has 0 unspecified atom stereocenters. The molecule has 0 radical (unpaired) electrons. The molecule has 0 spiro atoms. The fraction of sp³-hybridized carbons (Fsp3) is 0.756. The van der Waals surface area contributed by atoms with Crippen molar-refractivity contribution in [3.8, 4) is 0 Å². The van der Waals surface area contributed by atoms with Gasteiger partial charge in [-0.05, 0) is 50.9 Å². The van der Waals surface area contributed by atoms with Crippen LogP contribution < -0.4 is 0 Å². The van der Waals surface area contributed by atoms with Crippen molar-refractivity contribution < 1.29 is 29.3 Å². The van der Waals surface area contributed by atoms with Gasteiger partial charge in [0.15, 0.2) is 0 Å². The van der Waals surface area contributed by atoms with Crippen molar-refractivity contribution in [3.63, 3.8) is 0 Å². The molecule has 0 bridgehead atoms. The Bertz CT molecular complexity index is 828. The van der Waals surface area contributed by atoms with Crippen LogP contribution in [-0.2, 0) is 19.1 Å². The number of rotatable bonds is 33. The average Bonchev–Trinajstić information content (AvgIpc) is 3.05. The molecular formula is C41H72O6. The molecule has 0 aliphatic heterocycles. The van der Waals surface area contributed by atoms with Crippen LogP contribution >= 0.6 is 0 Å². The summed E-state index contributed by atoms with van der Waals surface area (Å²) in [4.78, 5) is 23.9. The molecule has 0 saturated heterocycles. The van der Waals surface area contributed by atoms with E-state index in [-0.39, 0.29) is 31.6 Å². The van der Waals surface area contributed by atoms with Gasteiger partial charge in [0.2, 0.25) is 0 Å². The minimum absolute atomic E-state index is 0.148. The number of aliphatic hydroxyl groups excluding tert-OH is 2. The van der Waals surface area contributed by atoms with Crippen LogP contribution in [0.5, 0.6) is 0 Å². The first-order chi connectivity index (χ1) is 22.8. The van der Waals surface area contributed by atoms with Crippen LogP contribution in [0.15, 0.2) is 48.6 Å². The summed E-state index contributed by atoms with van der Waals surface area (Å²) < 4.78 is 10.3. The number of allylic oxidation sites excluding steroid dienone is 6. The van der Waals surface area contributed by atoms with Crippen molar-refractivity contribution in [3.05, 3.63) is 48.6 Å². The number of aliphatic hydroxyl groups is 2. The predicted octanol–water partition coefficient (Wildman–Crippen LogP) is 10.7. The standard InChI is InChI=1S/C41H72O6/c1-4-5-6-7-21-26-31-38(42)32-27-22-17-14-15-19-24-29-34-41(45)47-36-39(43)35-46-40(44)33-28-23-18-13-11-9-8-10-12-16-20-25-30-37(2)3/h15,17,19,21-22,26-27,32,37-39,42-43H,4-14,16,18,20,23-25,28-31,33-36H2,1-3H3/b19-15-,22-17-,26-21-,32-27+/t38-,39-/m1/s1. The minimum Gasteiger partial charge on any atom is -0.463 e. The fourth-order valence-corrected chi connectivity index (χ4v) is 5.11. The molecule has 272 valence electrons. The van der Waals surface area contributed by atoms with E-state index in [1.54, 1.807) is 6.08 Å². The number of carbonyl (C=O) groups excluding carboxylic acids is 2. The molecule has 0 aromatic heterocycles. The third kappa shape index (κ3) is 36.5. The molecule has 0 aromatic carbocycles. The summed E-state index contributed by atoms with van der Waals surface area (Å²) in [7, 11) is 0. The molecule has 6 heteroatoms. The number of hydrogen-bond donors (Lipinski definition) is 2. The molecule has 2 atom stereocenters. The van der Waals surface area contributed by atoms with Gasteiger partial charge in [-0.2, -0.15) is 0 Å². The van der Waals surface area contributed by atoms with Gasteiger partial charge in [-0.25, -0.2) is 0 Å². The van der Waals surface area contributed by atoms with E-state index >= 15 is 0 Å². The molecule has 6 nitrogen and oxygen atoms in total. The maximum absolute atomic E-state index is 11.9. The van der Waals surface area contributed by atoms with Crippen LogP contribution in [0.2, 0.25) is 0 Å². The van der Waals surface area contributed by atoms with E-state index in [1.165, 1.54) is 83.5 Å². The normalized spacial score (nSPS) is 13.5. The van der Waals surface area contributed by atoms with E-state index in [2.05, 4.69) is 32.9 Å². The Morgan fingerprint density at radius 3 is 1.72 bits per heavy atom. The molecule has 47 heavy (non-hydrogen) atoms. The van der Waals surface area contributed by atoms with Crippen molar-refractivity contribution in [1.29, 1.82) is 0 Å². The van der Waals surface area contributed by atoms with E-state index in [0.29, 0.717) is 19.3 Å². The van der Waals surface area contributed by atoms with Gasteiger partial charge in [-0.3, -0.25) is 9.59 Å².